The Balaban J connectivity index is 2.11. The lowest BCUT2D eigenvalue weighted by Crippen LogP contribution is -2.64. The maximum Gasteiger partial charge on any atom is 0.187 e. The highest BCUT2D eigenvalue weighted by Crippen LogP contribution is 2.28. The van der Waals surface area contributed by atoms with Gasteiger partial charge in [0, 0.05) is 0 Å². The highest BCUT2D eigenvalue weighted by Gasteiger charge is 2.50. The molecule has 136 valence electrons. The third-order valence-corrected chi connectivity index (χ3v) is 3.98. The first kappa shape index (κ1) is 18.9. The first-order valence-corrected chi connectivity index (χ1v) is 7.08. The van der Waals surface area contributed by atoms with Gasteiger partial charge in [0.2, 0.25) is 0 Å². The van der Waals surface area contributed by atoms with Gasteiger partial charge in [-0.3, -0.25) is 0 Å². The van der Waals surface area contributed by atoms with Gasteiger partial charge >= 0.3 is 0 Å². The second-order valence-electron chi connectivity index (χ2n) is 5.53. The summed E-state index contributed by atoms with van der Waals surface area (Å²) in [5, 5.41) is 76.8. The first-order chi connectivity index (χ1) is 10.8. The van der Waals surface area contributed by atoms with Crippen LogP contribution in [-0.2, 0) is 14.2 Å². The quantitative estimate of drug-likeness (QED) is 0.243. The number of rotatable bonds is 4. The highest BCUT2D eigenvalue weighted by atomic mass is 16.7. The second kappa shape index (κ2) is 7.63. The third kappa shape index (κ3) is 3.65. The molecule has 2 aliphatic heterocycles. The fraction of sp³-hybridized carbons (Fsp3) is 1.00. The van der Waals surface area contributed by atoms with Crippen molar-refractivity contribution in [3.8, 4) is 0 Å². The monoisotopic (exact) mass is 342 g/mol. The van der Waals surface area contributed by atoms with Crippen LogP contribution in [0.2, 0.25) is 0 Å². The van der Waals surface area contributed by atoms with Crippen molar-refractivity contribution in [2.75, 3.05) is 13.2 Å². The maximum atomic E-state index is 10.00. The number of hydrogen-bond acceptors (Lipinski definition) is 11. The molecule has 0 bridgehead atoms. The molecule has 0 saturated carbocycles. The average molecular weight is 342 g/mol. The molecule has 11 heteroatoms. The molecule has 2 fully saturated rings. The van der Waals surface area contributed by atoms with Crippen molar-refractivity contribution >= 4 is 0 Å². The predicted octanol–water partition coefficient (Wildman–Crippen LogP) is -5.40. The molecule has 0 aromatic carbocycles. The zero-order valence-electron chi connectivity index (χ0n) is 12.0. The van der Waals surface area contributed by atoms with Crippen LogP contribution in [0.4, 0.5) is 0 Å². The first-order valence-electron chi connectivity index (χ1n) is 7.08. The van der Waals surface area contributed by atoms with Gasteiger partial charge in [0.25, 0.3) is 0 Å². The molecular weight excluding hydrogens is 320 g/mol. The zero-order chi connectivity index (χ0) is 17.3. The van der Waals surface area contributed by atoms with Gasteiger partial charge < -0.3 is 55.1 Å². The summed E-state index contributed by atoms with van der Waals surface area (Å²) in [5.41, 5.74) is 0. The van der Waals surface area contributed by atoms with Crippen molar-refractivity contribution in [1.82, 2.24) is 0 Å². The fourth-order valence-corrected chi connectivity index (χ4v) is 2.56. The van der Waals surface area contributed by atoms with E-state index < -0.39 is 74.6 Å². The lowest BCUT2D eigenvalue weighted by Gasteiger charge is -2.45. The van der Waals surface area contributed by atoms with Crippen molar-refractivity contribution < 1.29 is 55.1 Å². The van der Waals surface area contributed by atoms with Crippen molar-refractivity contribution in [3.05, 3.63) is 0 Å². The molecule has 23 heavy (non-hydrogen) atoms. The van der Waals surface area contributed by atoms with Gasteiger partial charge in [-0.15, -0.1) is 0 Å². The molecule has 0 radical (unpaired) electrons. The van der Waals surface area contributed by atoms with Crippen LogP contribution in [0.5, 0.6) is 0 Å². The largest absolute Gasteiger partial charge is 0.394 e. The molecule has 2 aliphatic rings. The summed E-state index contributed by atoms with van der Waals surface area (Å²) in [6.45, 7) is -1.34. The van der Waals surface area contributed by atoms with E-state index in [0.29, 0.717) is 0 Å². The van der Waals surface area contributed by atoms with Gasteiger partial charge in [-0.25, -0.2) is 0 Å². The van der Waals surface area contributed by atoms with Crippen molar-refractivity contribution in [3.63, 3.8) is 0 Å². The molecule has 11 nitrogen and oxygen atoms in total. The van der Waals surface area contributed by atoms with E-state index in [9.17, 15) is 30.6 Å². The van der Waals surface area contributed by atoms with Gasteiger partial charge in [0.1, 0.15) is 48.8 Å². The molecule has 2 saturated heterocycles. The Kier molecular flexibility index (Phi) is 6.27. The summed E-state index contributed by atoms with van der Waals surface area (Å²) in [7, 11) is 0. The standard InChI is InChI=1S/C12H22O11/c13-1-3-5(15)7(17)8(18)12(22-3)23-10-6(16)4(2-14)21-11(20)9(10)19/h3-20H,1-2H2/t3-,4-,5+,6+,7+,8-,9-,10+,11+,12?/m1/s1. The van der Waals surface area contributed by atoms with Crippen LogP contribution >= 0.6 is 0 Å². The van der Waals surface area contributed by atoms with Crippen molar-refractivity contribution in [2.24, 2.45) is 0 Å². The lowest BCUT2D eigenvalue weighted by atomic mass is 9.97. The number of aliphatic hydroxyl groups is 8. The van der Waals surface area contributed by atoms with E-state index in [0.717, 1.165) is 0 Å². The van der Waals surface area contributed by atoms with Crippen LogP contribution < -0.4 is 0 Å². The molecule has 1 unspecified atom stereocenters. The lowest BCUT2D eigenvalue weighted by molar-refractivity contribution is -0.355. The Morgan fingerprint density at radius 2 is 1.22 bits per heavy atom. The predicted molar refractivity (Wildman–Crippen MR) is 68.6 cm³/mol. The fourth-order valence-electron chi connectivity index (χ4n) is 2.56. The summed E-state index contributed by atoms with van der Waals surface area (Å²) >= 11 is 0. The van der Waals surface area contributed by atoms with Crippen LogP contribution in [0.1, 0.15) is 0 Å². The molecular formula is C12H22O11. The average Bonchev–Trinajstić information content (AvgIpc) is 2.54. The minimum atomic E-state index is -1.76. The van der Waals surface area contributed by atoms with Gasteiger partial charge in [0.05, 0.1) is 13.2 Å². The zero-order valence-corrected chi connectivity index (χ0v) is 12.0. The van der Waals surface area contributed by atoms with E-state index in [1.807, 2.05) is 0 Å². The molecule has 0 aliphatic carbocycles. The summed E-state index contributed by atoms with van der Waals surface area (Å²) in [6.07, 6.45) is -15.7. The van der Waals surface area contributed by atoms with Gasteiger partial charge in [-0.1, -0.05) is 0 Å². The van der Waals surface area contributed by atoms with E-state index in [1.165, 1.54) is 0 Å². The van der Waals surface area contributed by atoms with Crippen LogP contribution in [0.25, 0.3) is 0 Å². The van der Waals surface area contributed by atoms with Crippen molar-refractivity contribution in [1.29, 1.82) is 0 Å². The molecule has 2 rings (SSSR count). The topological polar surface area (TPSA) is 190 Å². The van der Waals surface area contributed by atoms with Crippen LogP contribution in [0, 0.1) is 0 Å². The van der Waals surface area contributed by atoms with Crippen LogP contribution in [0.15, 0.2) is 0 Å². The summed E-state index contributed by atoms with van der Waals surface area (Å²) in [5.74, 6) is 0. The summed E-state index contributed by atoms with van der Waals surface area (Å²) < 4.78 is 15.1. The van der Waals surface area contributed by atoms with E-state index in [-0.39, 0.29) is 0 Å². The third-order valence-electron chi connectivity index (χ3n) is 3.98. The Morgan fingerprint density at radius 3 is 1.78 bits per heavy atom. The minimum absolute atomic E-state index is 0.667. The number of hydrogen-bond donors (Lipinski definition) is 8. The molecule has 0 spiro atoms. The molecule has 0 aromatic heterocycles. The number of ether oxygens (including phenoxy) is 3. The highest BCUT2D eigenvalue weighted by molar-refractivity contribution is 4.93. The Morgan fingerprint density at radius 1 is 0.652 bits per heavy atom. The Hall–Kier alpha value is -0.440. The molecule has 0 amide bonds. The minimum Gasteiger partial charge on any atom is -0.394 e. The SMILES string of the molecule is OC[C@H]1OC(O[C@@H]2[C@@H](O)[C@@H](O)O[C@H](CO)[C@@H]2O)[C@H](O)[C@@H](O)[C@H]1O. The Bertz CT molecular complexity index is 380. The smallest absolute Gasteiger partial charge is 0.187 e. The molecule has 0 aromatic rings. The van der Waals surface area contributed by atoms with E-state index in [4.69, 9.17) is 24.4 Å². The van der Waals surface area contributed by atoms with Gasteiger partial charge in [-0.2, -0.15) is 0 Å². The number of aliphatic hydroxyl groups excluding tert-OH is 8. The van der Waals surface area contributed by atoms with E-state index in [2.05, 4.69) is 0 Å². The van der Waals surface area contributed by atoms with Crippen molar-refractivity contribution in [2.45, 2.75) is 61.4 Å². The maximum absolute atomic E-state index is 10.00. The second-order valence-corrected chi connectivity index (χ2v) is 5.53. The van der Waals surface area contributed by atoms with Crippen LogP contribution in [-0.4, -0.2) is 115 Å². The van der Waals surface area contributed by atoms with Gasteiger partial charge in [-0.05, 0) is 0 Å². The van der Waals surface area contributed by atoms with Crippen LogP contribution in [0.3, 0.4) is 0 Å². The Labute approximate surface area is 130 Å². The molecule has 8 N–H and O–H groups in total. The molecule has 10 atom stereocenters. The summed E-state index contributed by atoms with van der Waals surface area (Å²) in [6, 6.07) is 0. The normalized spacial score (nSPS) is 51.7. The van der Waals surface area contributed by atoms with E-state index in [1.54, 1.807) is 0 Å². The van der Waals surface area contributed by atoms with Gasteiger partial charge in [0.15, 0.2) is 12.6 Å². The molecule has 2 heterocycles. The van der Waals surface area contributed by atoms with E-state index >= 15 is 0 Å². The summed E-state index contributed by atoms with van der Waals surface area (Å²) in [4.78, 5) is 0.